The van der Waals surface area contributed by atoms with Gasteiger partial charge in [0.15, 0.2) is 11.6 Å². The van der Waals surface area contributed by atoms with Gasteiger partial charge >= 0.3 is 0 Å². The number of rotatable bonds is 5. The number of carbonyl (C=O) groups is 1. The van der Waals surface area contributed by atoms with Crippen molar-refractivity contribution < 1.29 is 18.3 Å². The first-order chi connectivity index (χ1) is 12.5. The number of nitrogens with zero attached hydrogens (tertiary/aromatic N) is 1. The molecule has 1 heterocycles. The molecular formula is C19H19ClF2N2O2. The zero-order valence-corrected chi connectivity index (χ0v) is 14.9. The molecule has 0 bridgehead atoms. The Morgan fingerprint density at radius 3 is 2.62 bits per heavy atom. The van der Waals surface area contributed by atoms with Crippen LogP contribution in [0.25, 0.3) is 0 Å². The highest BCUT2D eigenvalue weighted by Crippen LogP contribution is 2.30. The molecule has 4 nitrogen and oxygen atoms in total. The maximum atomic E-state index is 13.2. The van der Waals surface area contributed by atoms with Gasteiger partial charge in [-0.3, -0.25) is 4.79 Å². The van der Waals surface area contributed by atoms with Gasteiger partial charge in [-0.2, -0.15) is 0 Å². The van der Waals surface area contributed by atoms with E-state index in [2.05, 4.69) is 10.2 Å². The van der Waals surface area contributed by atoms with E-state index in [9.17, 15) is 13.6 Å². The molecule has 0 aliphatic carbocycles. The maximum absolute atomic E-state index is 13.2. The Bertz CT molecular complexity index is 795. The molecule has 0 atom stereocenters. The average Bonchev–Trinajstić information content (AvgIpc) is 2.63. The molecule has 3 rings (SSSR count). The van der Waals surface area contributed by atoms with Crippen LogP contribution in [0, 0.1) is 11.6 Å². The number of morpholine rings is 1. The Labute approximate surface area is 155 Å². The third-order valence-corrected chi connectivity index (χ3v) is 4.44. The summed E-state index contributed by atoms with van der Waals surface area (Å²) >= 11 is 6.07. The maximum Gasteiger partial charge on any atom is 0.224 e. The molecule has 7 heteroatoms. The summed E-state index contributed by atoms with van der Waals surface area (Å²) in [4.78, 5) is 14.4. The number of hydrogen-bond donors (Lipinski definition) is 1. The summed E-state index contributed by atoms with van der Waals surface area (Å²) in [5, 5.41) is 3.40. The van der Waals surface area contributed by atoms with Gasteiger partial charge in [-0.25, -0.2) is 8.78 Å². The molecule has 1 aliphatic rings. The molecule has 1 amide bonds. The van der Waals surface area contributed by atoms with E-state index in [1.165, 1.54) is 6.07 Å². The molecular weight excluding hydrogens is 362 g/mol. The Morgan fingerprint density at radius 2 is 1.88 bits per heavy atom. The van der Waals surface area contributed by atoms with Crippen LogP contribution < -0.4 is 10.2 Å². The van der Waals surface area contributed by atoms with Crippen molar-refractivity contribution in [1.29, 1.82) is 0 Å². The Balaban J connectivity index is 1.66. The van der Waals surface area contributed by atoms with Crippen LogP contribution in [0.2, 0.25) is 5.02 Å². The van der Waals surface area contributed by atoms with E-state index in [4.69, 9.17) is 16.3 Å². The second-order valence-electron chi connectivity index (χ2n) is 6.06. The lowest BCUT2D eigenvalue weighted by atomic mass is 10.1. The quantitative estimate of drug-likeness (QED) is 0.851. The first kappa shape index (κ1) is 18.6. The Kier molecular flexibility index (Phi) is 6.06. The molecule has 0 spiro atoms. The molecule has 2 aromatic rings. The van der Waals surface area contributed by atoms with Gasteiger partial charge in [-0.15, -0.1) is 0 Å². The smallest absolute Gasteiger partial charge is 0.224 e. The first-order valence-electron chi connectivity index (χ1n) is 8.39. The van der Waals surface area contributed by atoms with Gasteiger partial charge in [-0.1, -0.05) is 17.7 Å². The highest BCUT2D eigenvalue weighted by atomic mass is 35.5. The van der Waals surface area contributed by atoms with Crippen molar-refractivity contribution in [3.63, 3.8) is 0 Å². The van der Waals surface area contributed by atoms with Gasteiger partial charge in [0.2, 0.25) is 5.91 Å². The number of amides is 1. The van der Waals surface area contributed by atoms with E-state index in [-0.39, 0.29) is 12.3 Å². The van der Waals surface area contributed by atoms with Crippen molar-refractivity contribution in [2.75, 3.05) is 36.5 Å². The standard InChI is InChI=1S/C19H19ClF2N2O2/c20-14-3-5-18(24-7-9-26-10-8-24)17(12-14)23-19(25)6-2-13-1-4-15(21)16(22)11-13/h1,3-5,11-12H,2,6-10H2,(H,23,25). The van der Waals surface area contributed by atoms with Gasteiger partial charge in [0.1, 0.15) is 0 Å². The highest BCUT2D eigenvalue weighted by molar-refractivity contribution is 6.31. The summed E-state index contributed by atoms with van der Waals surface area (Å²) in [6.07, 6.45) is 0.469. The van der Waals surface area contributed by atoms with Gasteiger partial charge < -0.3 is 15.0 Å². The third-order valence-electron chi connectivity index (χ3n) is 4.21. The zero-order valence-electron chi connectivity index (χ0n) is 14.1. The van der Waals surface area contributed by atoms with Crippen LogP contribution in [-0.2, 0) is 16.0 Å². The fourth-order valence-electron chi connectivity index (χ4n) is 2.85. The predicted molar refractivity (Wildman–Crippen MR) is 97.8 cm³/mol. The molecule has 0 saturated carbocycles. The van der Waals surface area contributed by atoms with Crippen LogP contribution in [0.3, 0.4) is 0 Å². The number of aryl methyl sites for hydroxylation is 1. The number of ether oxygens (including phenoxy) is 1. The van der Waals surface area contributed by atoms with Gasteiger partial charge in [0, 0.05) is 24.5 Å². The average molecular weight is 381 g/mol. The van der Waals surface area contributed by atoms with E-state index >= 15 is 0 Å². The third kappa shape index (κ3) is 4.71. The fourth-order valence-corrected chi connectivity index (χ4v) is 3.03. The topological polar surface area (TPSA) is 41.6 Å². The molecule has 0 unspecified atom stereocenters. The SMILES string of the molecule is O=C(CCc1ccc(F)c(F)c1)Nc1cc(Cl)ccc1N1CCOCC1. The molecule has 26 heavy (non-hydrogen) atoms. The minimum Gasteiger partial charge on any atom is -0.378 e. The predicted octanol–water partition coefficient (Wildman–Crippen LogP) is 4.03. The van der Waals surface area contributed by atoms with Crippen molar-refractivity contribution in [3.05, 3.63) is 58.6 Å². The first-order valence-corrected chi connectivity index (χ1v) is 8.77. The Morgan fingerprint density at radius 1 is 1.12 bits per heavy atom. The lowest BCUT2D eigenvalue weighted by molar-refractivity contribution is -0.116. The van der Waals surface area contributed by atoms with Crippen molar-refractivity contribution in [2.45, 2.75) is 12.8 Å². The second kappa shape index (κ2) is 8.47. The largest absolute Gasteiger partial charge is 0.378 e. The summed E-state index contributed by atoms with van der Waals surface area (Å²) in [7, 11) is 0. The van der Waals surface area contributed by atoms with Crippen molar-refractivity contribution in [3.8, 4) is 0 Å². The van der Waals surface area contributed by atoms with Gasteiger partial charge in [0.05, 0.1) is 24.6 Å². The molecule has 1 saturated heterocycles. The van der Waals surface area contributed by atoms with E-state index in [1.807, 2.05) is 6.07 Å². The normalized spacial score (nSPS) is 14.3. The zero-order chi connectivity index (χ0) is 18.5. The van der Waals surface area contributed by atoms with Crippen LogP contribution in [-0.4, -0.2) is 32.2 Å². The number of anilines is 2. The summed E-state index contributed by atoms with van der Waals surface area (Å²) in [5.41, 5.74) is 2.09. The molecule has 0 radical (unpaired) electrons. The van der Waals surface area contributed by atoms with Crippen LogP contribution in [0.5, 0.6) is 0 Å². The minimum atomic E-state index is -0.910. The van der Waals surface area contributed by atoms with Crippen LogP contribution in [0.15, 0.2) is 36.4 Å². The Hall–Kier alpha value is -2.18. The highest BCUT2D eigenvalue weighted by Gasteiger charge is 2.16. The van der Waals surface area contributed by atoms with Gasteiger partial charge in [0.25, 0.3) is 0 Å². The van der Waals surface area contributed by atoms with Gasteiger partial charge in [-0.05, 0) is 42.3 Å². The lowest BCUT2D eigenvalue weighted by Gasteiger charge is -2.30. The van der Waals surface area contributed by atoms with Crippen LogP contribution in [0.4, 0.5) is 20.2 Å². The van der Waals surface area contributed by atoms with Crippen LogP contribution >= 0.6 is 11.6 Å². The summed E-state index contributed by atoms with van der Waals surface area (Å²) in [5.74, 6) is -2.02. The van der Waals surface area contributed by atoms with Crippen molar-refractivity contribution in [2.24, 2.45) is 0 Å². The summed E-state index contributed by atoms with van der Waals surface area (Å²) in [6, 6.07) is 9.02. The van der Waals surface area contributed by atoms with Crippen molar-refractivity contribution in [1.82, 2.24) is 0 Å². The molecule has 1 N–H and O–H groups in total. The molecule has 1 fully saturated rings. The van der Waals surface area contributed by atoms with Crippen LogP contribution in [0.1, 0.15) is 12.0 Å². The number of nitrogens with one attached hydrogen (secondary N) is 1. The van der Waals surface area contributed by atoms with Crippen molar-refractivity contribution >= 4 is 28.9 Å². The summed E-state index contributed by atoms with van der Waals surface area (Å²) in [6.45, 7) is 2.73. The monoisotopic (exact) mass is 380 g/mol. The number of hydrogen-bond acceptors (Lipinski definition) is 3. The lowest BCUT2D eigenvalue weighted by Crippen LogP contribution is -2.36. The van der Waals surface area contributed by atoms with E-state index in [1.54, 1.807) is 12.1 Å². The fraction of sp³-hybridized carbons (Fsp3) is 0.316. The summed E-state index contributed by atoms with van der Waals surface area (Å²) < 4.78 is 31.6. The number of halogens is 3. The molecule has 1 aliphatic heterocycles. The van der Waals surface area contributed by atoms with E-state index < -0.39 is 11.6 Å². The second-order valence-corrected chi connectivity index (χ2v) is 6.49. The number of carbonyl (C=O) groups excluding carboxylic acids is 1. The minimum absolute atomic E-state index is 0.153. The molecule has 138 valence electrons. The molecule has 0 aromatic heterocycles. The van der Waals surface area contributed by atoms with E-state index in [0.717, 1.165) is 30.9 Å². The van der Waals surface area contributed by atoms with E-state index in [0.29, 0.717) is 35.9 Å². The molecule has 2 aromatic carbocycles. The number of benzene rings is 2.